The standard InChI is InChI=1S/C11H10BrClFNO3S/c12-8-2-9(14)4-10(3-8)15-5-7(1-11(15)16)6-19(13,17)18/h2-4,7H,1,5-6H2. The highest BCUT2D eigenvalue weighted by Crippen LogP contribution is 2.29. The number of carbonyl (C=O) groups excluding carboxylic acids is 1. The molecule has 1 amide bonds. The van der Waals surface area contributed by atoms with Crippen molar-refractivity contribution in [2.75, 3.05) is 17.2 Å². The average Bonchev–Trinajstić information content (AvgIpc) is 2.54. The topological polar surface area (TPSA) is 54.5 Å². The molecule has 1 atom stereocenters. The zero-order chi connectivity index (χ0) is 14.2. The fourth-order valence-electron chi connectivity index (χ4n) is 2.12. The lowest BCUT2D eigenvalue weighted by molar-refractivity contribution is -0.117. The smallest absolute Gasteiger partial charge is 0.232 e. The molecule has 0 aromatic heterocycles. The molecule has 0 radical (unpaired) electrons. The van der Waals surface area contributed by atoms with E-state index in [1.165, 1.54) is 17.0 Å². The van der Waals surface area contributed by atoms with Gasteiger partial charge < -0.3 is 4.90 Å². The van der Waals surface area contributed by atoms with Crippen molar-refractivity contribution < 1.29 is 17.6 Å². The fraction of sp³-hybridized carbons (Fsp3) is 0.364. The normalized spacial score (nSPS) is 20.1. The van der Waals surface area contributed by atoms with E-state index in [1.54, 1.807) is 6.07 Å². The number of hydrogen-bond acceptors (Lipinski definition) is 3. The lowest BCUT2D eigenvalue weighted by atomic mass is 10.1. The minimum Gasteiger partial charge on any atom is -0.312 e. The van der Waals surface area contributed by atoms with Crippen molar-refractivity contribution >= 4 is 47.3 Å². The van der Waals surface area contributed by atoms with Crippen molar-refractivity contribution in [1.29, 1.82) is 0 Å². The first-order valence-corrected chi connectivity index (χ1v) is 8.70. The summed E-state index contributed by atoms with van der Waals surface area (Å²) < 4.78 is 35.8. The Hall–Kier alpha value is -0.660. The fourth-order valence-corrected chi connectivity index (χ4v) is 3.89. The van der Waals surface area contributed by atoms with Gasteiger partial charge in [0.1, 0.15) is 5.82 Å². The third kappa shape index (κ3) is 3.90. The third-order valence-corrected chi connectivity index (χ3v) is 4.50. The highest BCUT2D eigenvalue weighted by Gasteiger charge is 2.33. The van der Waals surface area contributed by atoms with Crippen molar-refractivity contribution in [2.24, 2.45) is 5.92 Å². The van der Waals surface area contributed by atoms with E-state index in [4.69, 9.17) is 10.7 Å². The molecule has 1 heterocycles. The van der Waals surface area contributed by atoms with Crippen LogP contribution in [0.1, 0.15) is 6.42 Å². The second-order valence-electron chi connectivity index (χ2n) is 4.41. The Morgan fingerprint density at radius 1 is 1.42 bits per heavy atom. The summed E-state index contributed by atoms with van der Waals surface area (Å²) in [7, 11) is 1.54. The molecule has 1 aliphatic rings. The predicted molar refractivity (Wildman–Crippen MR) is 74.2 cm³/mol. The number of halogens is 3. The molecule has 1 saturated heterocycles. The van der Waals surface area contributed by atoms with Gasteiger partial charge in [-0.05, 0) is 18.2 Å². The molecule has 0 saturated carbocycles. The van der Waals surface area contributed by atoms with Gasteiger partial charge in [-0.15, -0.1) is 0 Å². The van der Waals surface area contributed by atoms with Gasteiger partial charge in [-0.2, -0.15) is 0 Å². The van der Waals surface area contributed by atoms with Crippen LogP contribution in [0.15, 0.2) is 22.7 Å². The number of nitrogens with zero attached hydrogens (tertiary/aromatic N) is 1. The predicted octanol–water partition coefficient (Wildman–Crippen LogP) is 2.51. The Morgan fingerprint density at radius 2 is 2.11 bits per heavy atom. The van der Waals surface area contributed by atoms with Crippen molar-refractivity contribution in [3.8, 4) is 0 Å². The first-order chi connectivity index (χ1) is 8.74. The molecule has 1 aromatic carbocycles. The summed E-state index contributed by atoms with van der Waals surface area (Å²) in [6.07, 6.45) is 0.0973. The lowest BCUT2D eigenvalue weighted by Gasteiger charge is -2.17. The first-order valence-electron chi connectivity index (χ1n) is 5.43. The summed E-state index contributed by atoms with van der Waals surface area (Å²) in [6, 6.07) is 4.13. The second-order valence-corrected chi connectivity index (χ2v) is 8.14. The number of benzene rings is 1. The molecule has 8 heteroatoms. The van der Waals surface area contributed by atoms with Crippen LogP contribution in [0.25, 0.3) is 0 Å². The maximum Gasteiger partial charge on any atom is 0.232 e. The molecule has 19 heavy (non-hydrogen) atoms. The van der Waals surface area contributed by atoms with E-state index in [0.29, 0.717) is 10.2 Å². The van der Waals surface area contributed by atoms with Gasteiger partial charge in [0.05, 0.1) is 5.75 Å². The van der Waals surface area contributed by atoms with Gasteiger partial charge in [0.25, 0.3) is 0 Å². The van der Waals surface area contributed by atoms with Crippen LogP contribution in [-0.2, 0) is 13.8 Å². The van der Waals surface area contributed by atoms with Crippen LogP contribution < -0.4 is 4.90 Å². The molecule has 0 bridgehead atoms. The van der Waals surface area contributed by atoms with Gasteiger partial charge in [-0.25, -0.2) is 12.8 Å². The van der Waals surface area contributed by atoms with Crippen LogP contribution in [0.5, 0.6) is 0 Å². The maximum atomic E-state index is 13.3. The number of amides is 1. The molecule has 1 aliphatic heterocycles. The third-order valence-electron chi connectivity index (χ3n) is 2.80. The van der Waals surface area contributed by atoms with E-state index < -0.39 is 14.9 Å². The quantitative estimate of drug-likeness (QED) is 0.768. The van der Waals surface area contributed by atoms with Gasteiger partial charge in [-0.3, -0.25) is 4.79 Å². The zero-order valence-corrected chi connectivity index (χ0v) is 12.8. The molecule has 0 N–H and O–H groups in total. The summed E-state index contributed by atoms with van der Waals surface area (Å²) in [6.45, 7) is 0.223. The highest BCUT2D eigenvalue weighted by molar-refractivity contribution is 9.10. The molecule has 0 aliphatic carbocycles. The zero-order valence-electron chi connectivity index (χ0n) is 9.64. The summed E-state index contributed by atoms with van der Waals surface area (Å²) in [5.41, 5.74) is 0.409. The highest BCUT2D eigenvalue weighted by atomic mass is 79.9. The van der Waals surface area contributed by atoms with Crippen molar-refractivity contribution in [2.45, 2.75) is 6.42 Å². The van der Waals surface area contributed by atoms with E-state index in [2.05, 4.69) is 15.9 Å². The van der Waals surface area contributed by atoms with Crippen LogP contribution in [0, 0.1) is 11.7 Å². The maximum absolute atomic E-state index is 13.3. The molecule has 1 aromatic rings. The molecule has 1 fully saturated rings. The Morgan fingerprint density at radius 3 is 2.68 bits per heavy atom. The number of rotatable bonds is 3. The van der Waals surface area contributed by atoms with E-state index in [1.807, 2.05) is 0 Å². The Balaban J connectivity index is 2.20. The van der Waals surface area contributed by atoms with Gasteiger partial charge in [0, 0.05) is 39.7 Å². The number of carbonyl (C=O) groups is 1. The Bertz CT molecular complexity index is 602. The first kappa shape index (κ1) is 14.7. The van der Waals surface area contributed by atoms with Crippen LogP contribution in [0.2, 0.25) is 0 Å². The van der Waals surface area contributed by atoms with Crippen molar-refractivity contribution in [3.05, 3.63) is 28.5 Å². The van der Waals surface area contributed by atoms with E-state index >= 15 is 0 Å². The van der Waals surface area contributed by atoms with Crippen molar-refractivity contribution in [3.63, 3.8) is 0 Å². The van der Waals surface area contributed by atoms with Gasteiger partial charge >= 0.3 is 0 Å². The molecule has 104 valence electrons. The SMILES string of the molecule is O=C1CC(CS(=O)(=O)Cl)CN1c1cc(F)cc(Br)c1. The van der Waals surface area contributed by atoms with Crippen molar-refractivity contribution in [1.82, 2.24) is 0 Å². The summed E-state index contributed by atoms with van der Waals surface area (Å²) in [4.78, 5) is 13.2. The molecule has 0 spiro atoms. The molecule has 2 rings (SSSR count). The minimum atomic E-state index is -3.64. The van der Waals surface area contributed by atoms with Crippen LogP contribution in [0.3, 0.4) is 0 Å². The minimum absolute atomic E-state index is 0.0973. The summed E-state index contributed by atoms with van der Waals surface area (Å²) >= 11 is 3.15. The average molecular weight is 371 g/mol. The lowest BCUT2D eigenvalue weighted by Crippen LogP contribution is -2.25. The largest absolute Gasteiger partial charge is 0.312 e. The molecular formula is C11H10BrClFNO3S. The van der Waals surface area contributed by atoms with Crippen LogP contribution in [-0.4, -0.2) is 26.6 Å². The Labute approximate surface area is 123 Å². The molecule has 1 unspecified atom stereocenters. The summed E-state index contributed by atoms with van der Waals surface area (Å²) in [5, 5.41) is 0. The van der Waals surface area contributed by atoms with Gasteiger partial charge in [0.2, 0.25) is 15.0 Å². The number of hydrogen-bond donors (Lipinski definition) is 0. The molecule has 4 nitrogen and oxygen atoms in total. The number of anilines is 1. The Kier molecular flexibility index (Phi) is 4.17. The van der Waals surface area contributed by atoms with Gasteiger partial charge in [-0.1, -0.05) is 15.9 Å². The van der Waals surface area contributed by atoms with E-state index in [9.17, 15) is 17.6 Å². The summed E-state index contributed by atoms with van der Waals surface area (Å²) in [5.74, 6) is -1.32. The monoisotopic (exact) mass is 369 g/mol. The van der Waals surface area contributed by atoms with Crippen LogP contribution in [0.4, 0.5) is 10.1 Å². The van der Waals surface area contributed by atoms with Gasteiger partial charge in [0.15, 0.2) is 0 Å². The van der Waals surface area contributed by atoms with E-state index in [-0.39, 0.29) is 30.5 Å². The second kappa shape index (κ2) is 5.38. The molecular weight excluding hydrogens is 361 g/mol. The van der Waals surface area contributed by atoms with Crippen LogP contribution >= 0.6 is 26.6 Å². The van der Waals surface area contributed by atoms with E-state index in [0.717, 1.165) is 0 Å².